The fraction of sp³-hybridized carbons (Fsp3) is 0.412. The van der Waals surface area contributed by atoms with Crippen molar-refractivity contribution < 1.29 is 4.74 Å². The number of nitrogens with two attached hydrogens (primary N) is 1. The van der Waals surface area contributed by atoms with E-state index in [-0.39, 0.29) is 11.3 Å². The molecule has 4 nitrogen and oxygen atoms in total. The lowest BCUT2D eigenvalue weighted by molar-refractivity contribution is 0.451. The zero-order valence-electron chi connectivity index (χ0n) is 13.3. The van der Waals surface area contributed by atoms with Crippen LogP contribution in [0.1, 0.15) is 51.7 Å². The summed E-state index contributed by atoms with van der Waals surface area (Å²) in [6.45, 7) is 10.6. The lowest BCUT2D eigenvalue weighted by Crippen LogP contribution is -2.10. The van der Waals surface area contributed by atoms with Gasteiger partial charge in [0.2, 0.25) is 5.88 Å². The molecule has 0 saturated carbocycles. The van der Waals surface area contributed by atoms with E-state index < -0.39 is 0 Å². The van der Waals surface area contributed by atoms with Gasteiger partial charge < -0.3 is 10.5 Å². The first-order chi connectivity index (χ1) is 9.79. The molecule has 4 heteroatoms. The van der Waals surface area contributed by atoms with Crippen molar-refractivity contribution in [1.29, 1.82) is 0 Å². The van der Waals surface area contributed by atoms with E-state index in [0.29, 0.717) is 11.7 Å². The largest absolute Gasteiger partial charge is 0.439 e. The topological polar surface area (TPSA) is 61.0 Å². The zero-order chi connectivity index (χ0) is 15.6. The summed E-state index contributed by atoms with van der Waals surface area (Å²) in [6, 6.07) is 8.08. The number of anilines is 1. The molecule has 1 aromatic carbocycles. The van der Waals surface area contributed by atoms with Crippen LogP contribution in [-0.4, -0.2) is 9.97 Å². The fourth-order valence-corrected chi connectivity index (χ4v) is 2.15. The molecule has 0 atom stereocenters. The molecule has 2 rings (SSSR count). The first-order valence-corrected chi connectivity index (χ1v) is 7.18. The van der Waals surface area contributed by atoms with Crippen LogP contribution in [0.4, 0.5) is 5.82 Å². The molecule has 0 aliphatic rings. The van der Waals surface area contributed by atoms with Crippen LogP contribution in [0.25, 0.3) is 0 Å². The van der Waals surface area contributed by atoms with Crippen LogP contribution in [0.3, 0.4) is 0 Å². The van der Waals surface area contributed by atoms with Crippen LogP contribution < -0.4 is 10.5 Å². The van der Waals surface area contributed by atoms with Crippen molar-refractivity contribution in [2.45, 2.75) is 46.0 Å². The van der Waals surface area contributed by atoms with Crippen molar-refractivity contribution in [3.63, 3.8) is 0 Å². The first kappa shape index (κ1) is 15.3. The van der Waals surface area contributed by atoms with Gasteiger partial charge in [0.25, 0.3) is 0 Å². The Balaban J connectivity index is 2.29. The zero-order valence-corrected chi connectivity index (χ0v) is 13.3. The Morgan fingerprint density at radius 3 is 2.19 bits per heavy atom. The highest BCUT2D eigenvalue weighted by molar-refractivity contribution is 5.48. The molecule has 0 unspecified atom stereocenters. The highest BCUT2D eigenvalue weighted by Crippen LogP contribution is 2.32. The molecule has 2 N–H and O–H groups in total. The molecule has 21 heavy (non-hydrogen) atoms. The fourth-order valence-electron chi connectivity index (χ4n) is 2.15. The predicted molar refractivity (Wildman–Crippen MR) is 85.7 cm³/mol. The number of benzene rings is 1. The third-order valence-electron chi connectivity index (χ3n) is 3.39. The minimum absolute atomic E-state index is 0.126. The van der Waals surface area contributed by atoms with Crippen LogP contribution >= 0.6 is 0 Å². The normalized spacial score (nSPS) is 11.7. The van der Waals surface area contributed by atoms with Crippen molar-refractivity contribution in [2.75, 3.05) is 5.73 Å². The summed E-state index contributed by atoms with van der Waals surface area (Å²) < 4.78 is 5.89. The Morgan fingerprint density at radius 2 is 1.67 bits per heavy atom. The summed E-state index contributed by atoms with van der Waals surface area (Å²) in [7, 11) is 0. The Hall–Kier alpha value is -2.10. The minimum Gasteiger partial charge on any atom is -0.439 e. The second-order valence-electron chi connectivity index (χ2n) is 6.51. The number of nitrogens with zero attached hydrogens (tertiary/aromatic N) is 2. The van der Waals surface area contributed by atoms with Crippen molar-refractivity contribution in [1.82, 2.24) is 9.97 Å². The average molecular weight is 285 g/mol. The molecule has 0 bridgehead atoms. The molecule has 0 spiro atoms. The van der Waals surface area contributed by atoms with Crippen molar-refractivity contribution in [3.05, 3.63) is 41.7 Å². The summed E-state index contributed by atoms with van der Waals surface area (Å²) in [4.78, 5) is 8.25. The molecular weight excluding hydrogens is 262 g/mol. The van der Waals surface area contributed by atoms with E-state index in [1.807, 2.05) is 26.0 Å². The molecule has 2 aromatic rings. The van der Waals surface area contributed by atoms with Gasteiger partial charge in [-0.2, -0.15) is 0 Å². The van der Waals surface area contributed by atoms with E-state index in [0.717, 1.165) is 11.3 Å². The predicted octanol–water partition coefficient (Wildman–Crippen LogP) is 4.27. The Kier molecular flexibility index (Phi) is 4.16. The van der Waals surface area contributed by atoms with Gasteiger partial charge in [-0.15, -0.1) is 0 Å². The summed E-state index contributed by atoms with van der Waals surface area (Å²) in [5.74, 6) is 1.96. The third kappa shape index (κ3) is 3.51. The molecule has 1 aromatic heterocycles. The van der Waals surface area contributed by atoms with Gasteiger partial charge in [-0.25, -0.2) is 9.97 Å². The average Bonchev–Trinajstić information content (AvgIpc) is 2.38. The highest BCUT2D eigenvalue weighted by Gasteiger charge is 2.16. The van der Waals surface area contributed by atoms with Crippen molar-refractivity contribution in [3.8, 4) is 11.6 Å². The maximum absolute atomic E-state index is 5.93. The molecular formula is C17H23N3O. The van der Waals surface area contributed by atoms with Gasteiger partial charge in [0.1, 0.15) is 17.9 Å². The lowest BCUT2D eigenvalue weighted by atomic mass is 9.87. The van der Waals surface area contributed by atoms with E-state index in [9.17, 15) is 0 Å². The maximum atomic E-state index is 5.93. The van der Waals surface area contributed by atoms with E-state index in [4.69, 9.17) is 10.5 Å². The number of hydrogen-bond acceptors (Lipinski definition) is 4. The Morgan fingerprint density at radius 1 is 1.05 bits per heavy atom. The molecule has 0 radical (unpaired) electrons. The van der Waals surface area contributed by atoms with E-state index in [1.54, 1.807) is 0 Å². The molecule has 1 heterocycles. The van der Waals surface area contributed by atoms with Crippen LogP contribution in [0.2, 0.25) is 0 Å². The first-order valence-electron chi connectivity index (χ1n) is 7.18. The van der Waals surface area contributed by atoms with Gasteiger partial charge in [0.15, 0.2) is 0 Å². The molecule has 0 aliphatic heterocycles. The number of aromatic nitrogens is 2. The van der Waals surface area contributed by atoms with Crippen LogP contribution in [0.15, 0.2) is 30.6 Å². The van der Waals surface area contributed by atoms with Gasteiger partial charge in [0.05, 0.1) is 5.56 Å². The number of rotatable bonds is 3. The number of hydrogen-bond donors (Lipinski definition) is 1. The SMILES string of the molecule is CC(C)c1c(N)ncnc1Oc1ccc(C(C)(C)C)cc1. The van der Waals surface area contributed by atoms with Crippen LogP contribution in [0, 0.1) is 0 Å². The van der Waals surface area contributed by atoms with Crippen molar-refractivity contribution >= 4 is 5.82 Å². The van der Waals surface area contributed by atoms with Gasteiger partial charge in [-0.05, 0) is 29.0 Å². The molecule has 0 amide bonds. The smallest absolute Gasteiger partial charge is 0.227 e. The van der Waals surface area contributed by atoms with Gasteiger partial charge in [-0.1, -0.05) is 46.8 Å². The highest BCUT2D eigenvalue weighted by atomic mass is 16.5. The van der Waals surface area contributed by atoms with E-state index in [2.05, 4.69) is 42.9 Å². The number of ether oxygens (including phenoxy) is 1. The molecule has 0 fully saturated rings. The monoisotopic (exact) mass is 285 g/mol. The van der Waals surface area contributed by atoms with Gasteiger partial charge in [-0.3, -0.25) is 0 Å². The molecule has 112 valence electrons. The second-order valence-corrected chi connectivity index (χ2v) is 6.51. The van der Waals surface area contributed by atoms with E-state index >= 15 is 0 Å². The second kappa shape index (κ2) is 5.72. The number of nitrogen functional groups attached to an aromatic ring is 1. The summed E-state index contributed by atoms with van der Waals surface area (Å²) in [5, 5.41) is 0. The van der Waals surface area contributed by atoms with E-state index in [1.165, 1.54) is 11.9 Å². The van der Waals surface area contributed by atoms with Crippen molar-refractivity contribution in [2.24, 2.45) is 0 Å². The van der Waals surface area contributed by atoms with Crippen LogP contribution in [-0.2, 0) is 5.41 Å². The standard InChI is InChI=1S/C17H23N3O/c1-11(2)14-15(18)19-10-20-16(14)21-13-8-6-12(7-9-13)17(3,4)5/h6-11H,1-5H3,(H2,18,19,20). The molecule has 0 saturated heterocycles. The summed E-state index contributed by atoms with van der Waals surface area (Å²) in [6.07, 6.45) is 1.43. The minimum atomic E-state index is 0.126. The summed E-state index contributed by atoms with van der Waals surface area (Å²) in [5.41, 5.74) is 8.16. The third-order valence-corrected chi connectivity index (χ3v) is 3.39. The maximum Gasteiger partial charge on any atom is 0.227 e. The quantitative estimate of drug-likeness (QED) is 0.914. The Labute approximate surface area is 126 Å². The van der Waals surface area contributed by atoms with Gasteiger partial charge >= 0.3 is 0 Å². The summed E-state index contributed by atoms with van der Waals surface area (Å²) >= 11 is 0. The Bertz CT molecular complexity index is 613. The van der Waals surface area contributed by atoms with Crippen LogP contribution in [0.5, 0.6) is 11.6 Å². The lowest BCUT2D eigenvalue weighted by Gasteiger charge is -2.19. The van der Waals surface area contributed by atoms with Gasteiger partial charge in [0, 0.05) is 0 Å². The molecule has 0 aliphatic carbocycles.